The lowest BCUT2D eigenvalue weighted by Gasteiger charge is -2.44. The van der Waals surface area contributed by atoms with E-state index in [1.807, 2.05) is 0 Å². The maximum Gasteiger partial charge on any atom is 0.328 e. The van der Waals surface area contributed by atoms with E-state index in [0.29, 0.717) is 24.3 Å². The molecule has 2 bridgehead atoms. The van der Waals surface area contributed by atoms with Crippen LogP contribution < -0.4 is 10.1 Å². The Balaban J connectivity index is 0.000000275. The lowest BCUT2D eigenvalue weighted by molar-refractivity contribution is -0.134. The van der Waals surface area contributed by atoms with Gasteiger partial charge in [0, 0.05) is 30.4 Å². The van der Waals surface area contributed by atoms with E-state index in [0.717, 1.165) is 18.2 Å². The molecule has 7 nitrogen and oxygen atoms in total. The zero-order valence-electron chi connectivity index (χ0n) is 17.3. The van der Waals surface area contributed by atoms with E-state index >= 15 is 0 Å². The third kappa shape index (κ3) is 7.06. The fourth-order valence-electron chi connectivity index (χ4n) is 4.47. The molecular weight excluding hydrogens is 384 g/mol. The zero-order chi connectivity index (χ0) is 21.3. The SMILES string of the molecule is O=C(O)C=CC(=O)O.c1cc(OC2CN3CCC2CC3)ccc1NC1CCCCC1. The van der Waals surface area contributed by atoms with Crippen LogP contribution in [0, 0.1) is 5.92 Å². The Hall–Kier alpha value is -2.54. The van der Waals surface area contributed by atoms with Crippen molar-refractivity contribution in [1.82, 2.24) is 4.90 Å². The largest absolute Gasteiger partial charge is 0.489 e. The summed E-state index contributed by atoms with van der Waals surface area (Å²) in [5, 5.41) is 19.3. The highest BCUT2D eigenvalue weighted by molar-refractivity contribution is 5.89. The number of fused-ring (bicyclic) bond motifs is 3. The number of piperidine rings is 3. The van der Waals surface area contributed by atoms with Gasteiger partial charge >= 0.3 is 11.9 Å². The van der Waals surface area contributed by atoms with Gasteiger partial charge in [-0.15, -0.1) is 0 Å². The van der Waals surface area contributed by atoms with Crippen LogP contribution in [0.3, 0.4) is 0 Å². The Morgan fingerprint density at radius 3 is 2.03 bits per heavy atom. The van der Waals surface area contributed by atoms with Gasteiger partial charge in [0.25, 0.3) is 0 Å². The van der Waals surface area contributed by atoms with Crippen molar-refractivity contribution in [2.45, 2.75) is 57.1 Å². The van der Waals surface area contributed by atoms with Gasteiger partial charge in [0.2, 0.25) is 0 Å². The normalized spacial score (nSPS) is 25.9. The van der Waals surface area contributed by atoms with E-state index in [-0.39, 0.29) is 0 Å². The number of ether oxygens (including phenoxy) is 1. The van der Waals surface area contributed by atoms with Crippen LogP contribution >= 0.6 is 0 Å². The van der Waals surface area contributed by atoms with Crippen LogP contribution in [-0.4, -0.2) is 58.8 Å². The summed E-state index contributed by atoms with van der Waals surface area (Å²) in [4.78, 5) is 21.7. The number of carbonyl (C=O) groups is 2. The number of hydrogen-bond donors (Lipinski definition) is 3. The van der Waals surface area contributed by atoms with Crippen molar-refractivity contribution >= 4 is 17.6 Å². The highest BCUT2D eigenvalue weighted by atomic mass is 16.5. The standard InChI is InChI=1S/C19H28N2O.C4H4O4/c1-2-4-16(5-3-1)20-17-6-8-18(9-7-17)22-19-14-21-12-10-15(19)11-13-21;5-3(6)1-2-4(7)8/h6-9,15-16,19-20H,1-5,10-14H2;1-2H,(H,5,6)(H,7,8). The monoisotopic (exact) mass is 416 g/mol. The number of benzene rings is 1. The molecule has 4 aliphatic rings. The second kappa shape index (κ2) is 11.0. The number of carboxylic acid groups (broad SMARTS) is 2. The number of carboxylic acids is 2. The molecule has 0 radical (unpaired) electrons. The third-order valence-corrected chi connectivity index (χ3v) is 6.08. The summed E-state index contributed by atoms with van der Waals surface area (Å²) in [5.41, 5.74) is 1.24. The minimum absolute atomic E-state index is 0.402. The molecule has 3 aliphatic heterocycles. The van der Waals surface area contributed by atoms with E-state index in [9.17, 15) is 9.59 Å². The smallest absolute Gasteiger partial charge is 0.328 e. The minimum Gasteiger partial charge on any atom is -0.489 e. The van der Waals surface area contributed by atoms with Crippen LogP contribution in [0.4, 0.5) is 5.69 Å². The van der Waals surface area contributed by atoms with Crippen molar-refractivity contribution < 1.29 is 24.5 Å². The lowest BCUT2D eigenvalue weighted by Crippen LogP contribution is -2.52. The summed E-state index contributed by atoms with van der Waals surface area (Å²) in [6.45, 7) is 3.66. The van der Waals surface area contributed by atoms with Crippen LogP contribution in [0.25, 0.3) is 0 Å². The molecule has 3 saturated heterocycles. The number of anilines is 1. The van der Waals surface area contributed by atoms with E-state index in [1.54, 1.807) is 0 Å². The summed E-state index contributed by atoms with van der Waals surface area (Å²) in [7, 11) is 0. The summed E-state index contributed by atoms with van der Waals surface area (Å²) in [6, 6.07) is 9.32. The van der Waals surface area contributed by atoms with Gasteiger partial charge in [-0.2, -0.15) is 0 Å². The third-order valence-electron chi connectivity index (χ3n) is 6.08. The Bertz CT molecular complexity index is 704. The maximum atomic E-state index is 9.55. The van der Waals surface area contributed by atoms with Crippen molar-refractivity contribution in [1.29, 1.82) is 0 Å². The summed E-state index contributed by atoms with van der Waals surface area (Å²) in [5.74, 6) is -0.710. The van der Waals surface area contributed by atoms with Crippen molar-refractivity contribution in [3.8, 4) is 5.75 Å². The number of nitrogens with one attached hydrogen (secondary N) is 1. The molecule has 1 aliphatic carbocycles. The van der Waals surface area contributed by atoms with Gasteiger partial charge in [0.15, 0.2) is 0 Å². The maximum absolute atomic E-state index is 9.55. The second-order valence-electron chi connectivity index (χ2n) is 8.31. The number of rotatable bonds is 6. The van der Waals surface area contributed by atoms with Crippen molar-refractivity contribution in [3.63, 3.8) is 0 Å². The Morgan fingerprint density at radius 1 is 0.933 bits per heavy atom. The summed E-state index contributed by atoms with van der Waals surface area (Å²) in [6.07, 6.45) is 10.9. The summed E-state index contributed by atoms with van der Waals surface area (Å²) >= 11 is 0. The number of nitrogens with zero attached hydrogens (tertiary/aromatic N) is 1. The number of hydrogen-bond acceptors (Lipinski definition) is 5. The van der Waals surface area contributed by atoms with Gasteiger partial charge in [-0.25, -0.2) is 9.59 Å². The lowest BCUT2D eigenvalue weighted by atomic mass is 9.86. The van der Waals surface area contributed by atoms with E-state index in [4.69, 9.17) is 14.9 Å². The zero-order valence-corrected chi connectivity index (χ0v) is 17.3. The van der Waals surface area contributed by atoms with Crippen LogP contribution in [0.1, 0.15) is 44.9 Å². The molecule has 1 saturated carbocycles. The molecule has 5 rings (SSSR count). The van der Waals surface area contributed by atoms with Gasteiger partial charge in [0.1, 0.15) is 11.9 Å². The van der Waals surface area contributed by atoms with Gasteiger partial charge in [0.05, 0.1) is 0 Å². The molecule has 1 unspecified atom stereocenters. The molecule has 4 fully saturated rings. The van der Waals surface area contributed by atoms with E-state index in [1.165, 1.54) is 63.7 Å². The molecule has 0 amide bonds. The van der Waals surface area contributed by atoms with Crippen LogP contribution in [0.15, 0.2) is 36.4 Å². The Labute approximate surface area is 177 Å². The first-order chi connectivity index (χ1) is 14.5. The fraction of sp³-hybridized carbons (Fsp3) is 0.565. The molecule has 164 valence electrons. The molecule has 3 heterocycles. The average molecular weight is 417 g/mol. The average Bonchev–Trinajstić information content (AvgIpc) is 2.76. The molecule has 30 heavy (non-hydrogen) atoms. The predicted octanol–water partition coefficient (Wildman–Crippen LogP) is 3.62. The van der Waals surface area contributed by atoms with Gasteiger partial charge in [-0.3, -0.25) is 4.90 Å². The molecular formula is C23H32N2O5. The van der Waals surface area contributed by atoms with Gasteiger partial charge < -0.3 is 20.3 Å². The second-order valence-corrected chi connectivity index (χ2v) is 8.31. The van der Waals surface area contributed by atoms with Gasteiger partial charge in [-0.05, 0) is 69.0 Å². The molecule has 1 aromatic carbocycles. The van der Waals surface area contributed by atoms with E-state index < -0.39 is 11.9 Å². The van der Waals surface area contributed by atoms with Crippen LogP contribution in [0.5, 0.6) is 5.75 Å². The van der Waals surface area contributed by atoms with Crippen molar-refractivity contribution in [2.24, 2.45) is 5.92 Å². The Kier molecular flexibility index (Phi) is 8.13. The number of aliphatic carboxylic acids is 2. The van der Waals surface area contributed by atoms with Crippen molar-refractivity contribution in [2.75, 3.05) is 25.0 Å². The fourth-order valence-corrected chi connectivity index (χ4v) is 4.47. The first-order valence-corrected chi connectivity index (χ1v) is 10.9. The molecule has 1 aromatic rings. The summed E-state index contributed by atoms with van der Waals surface area (Å²) < 4.78 is 6.26. The first-order valence-electron chi connectivity index (χ1n) is 10.9. The molecule has 3 N–H and O–H groups in total. The topological polar surface area (TPSA) is 99.1 Å². The molecule has 7 heteroatoms. The highest BCUT2D eigenvalue weighted by Gasteiger charge is 2.35. The van der Waals surface area contributed by atoms with Crippen LogP contribution in [-0.2, 0) is 9.59 Å². The first kappa shape index (κ1) is 22.2. The van der Waals surface area contributed by atoms with Gasteiger partial charge in [-0.1, -0.05) is 19.3 Å². The minimum atomic E-state index is -1.26. The molecule has 0 aromatic heterocycles. The molecule has 0 spiro atoms. The predicted molar refractivity (Wildman–Crippen MR) is 115 cm³/mol. The van der Waals surface area contributed by atoms with E-state index in [2.05, 4.69) is 34.5 Å². The van der Waals surface area contributed by atoms with Crippen molar-refractivity contribution in [3.05, 3.63) is 36.4 Å². The quantitative estimate of drug-likeness (QED) is 0.609. The Morgan fingerprint density at radius 2 is 1.53 bits per heavy atom. The highest BCUT2D eigenvalue weighted by Crippen LogP contribution is 2.31. The molecule has 1 atom stereocenters. The van der Waals surface area contributed by atoms with Crippen LogP contribution in [0.2, 0.25) is 0 Å².